The Balaban J connectivity index is 1.32. The molecule has 0 bridgehead atoms. The minimum absolute atomic E-state index is 0.0761. The molecule has 4 aromatic rings. The molecule has 0 radical (unpaired) electrons. The number of aromatic hydroxyl groups is 1. The van der Waals surface area contributed by atoms with Gasteiger partial charge in [0.2, 0.25) is 11.0 Å². The van der Waals surface area contributed by atoms with Gasteiger partial charge < -0.3 is 15.3 Å². The van der Waals surface area contributed by atoms with Crippen LogP contribution in [0, 0.1) is 6.92 Å². The Labute approximate surface area is 220 Å². The van der Waals surface area contributed by atoms with Gasteiger partial charge in [0.15, 0.2) is 5.69 Å². The summed E-state index contributed by atoms with van der Waals surface area (Å²) in [6.45, 7) is 6.12. The number of nitrogens with zero attached hydrogens (tertiary/aromatic N) is 5. The molecule has 2 N–H and O–H groups in total. The van der Waals surface area contributed by atoms with Crippen molar-refractivity contribution in [2.45, 2.75) is 13.6 Å². The van der Waals surface area contributed by atoms with E-state index in [-0.39, 0.29) is 11.0 Å². The maximum Gasteiger partial charge on any atom is 0.221 e. The first-order valence-corrected chi connectivity index (χ1v) is 12.6. The van der Waals surface area contributed by atoms with E-state index in [0.717, 1.165) is 48.3 Å². The smallest absolute Gasteiger partial charge is 0.221 e. The van der Waals surface area contributed by atoms with Crippen LogP contribution in [0.2, 0.25) is 5.02 Å². The molecule has 0 saturated carbocycles. The molecule has 0 unspecified atom stereocenters. The second-order valence-corrected chi connectivity index (χ2v) is 9.54. The fourth-order valence-electron chi connectivity index (χ4n) is 4.48. The Morgan fingerprint density at radius 1 is 0.972 bits per heavy atom. The Morgan fingerprint density at radius 3 is 2.47 bits per heavy atom. The standard InChI is InChI=1S/C27H27ClN6OS/c1-19-22(28)11-7-12-23(19)29-27(36)31-30-25-21-10-5-6-13-24(21)34(26(25)35)18-32-14-16-33(17-15-32)20-8-3-2-4-9-20/h2-13,35H,14-18H2,1H3,(H,29,36). The summed E-state index contributed by atoms with van der Waals surface area (Å²) >= 11 is 11.6. The molecule has 1 aliphatic rings. The van der Waals surface area contributed by atoms with Crippen molar-refractivity contribution in [3.63, 3.8) is 0 Å². The summed E-state index contributed by atoms with van der Waals surface area (Å²) < 4.78 is 1.89. The number of para-hydroxylation sites is 2. The molecule has 7 nitrogen and oxygen atoms in total. The van der Waals surface area contributed by atoms with Gasteiger partial charge in [-0.2, -0.15) is 0 Å². The largest absolute Gasteiger partial charge is 0.493 e. The molecule has 0 spiro atoms. The number of piperazine rings is 1. The van der Waals surface area contributed by atoms with Crippen molar-refractivity contribution in [1.82, 2.24) is 9.47 Å². The molecule has 36 heavy (non-hydrogen) atoms. The van der Waals surface area contributed by atoms with E-state index in [1.807, 2.05) is 60.0 Å². The monoisotopic (exact) mass is 518 g/mol. The van der Waals surface area contributed by atoms with Gasteiger partial charge in [0.05, 0.1) is 12.2 Å². The van der Waals surface area contributed by atoms with Gasteiger partial charge in [-0.25, -0.2) is 0 Å². The zero-order chi connectivity index (χ0) is 25.1. The summed E-state index contributed by atoms with van der Waals surface area (Å²) in [5, 5.41) is 24.4. The number of thiocarbonyl (C=S) groups is 1. The number of fused-ring (bicyclic) bond motifs is 1. The number of hydrogen-bond acceptors (Lipinski definition) is 5. The summed E-state index contributed by atoms with van der Waals surface area (Å²) in [4.78, 5) is 4.72. The Hall–Kier alpha value is -3.46. The van der Waals surface area contributed by atoms with Crippen molar-refractivity contribution >= 4 is 56.9 Å². The molecule has 184 valence electrons. The van der Waals surface area contributed by atoms with Gasteiger partial charge in [-0.05, 0) is 55.0 Å². The van der Waals surface area contributed by atoms with Crippen LogP contribution in [-0.2, 0) is 6.67 Å². The van der Waals surface area contributed by atoms with E-state index in [0.29, 0.717) is 17.4 Å². The van der Waals surface area contributed by atoms with Crippen LogP contribution in [-0.4, -0.2) is 45.9 Å². The first-order chi connectivity index (χ1) is 17.5. The predicted molar refractivity (Wildman–Crippen MR) is 151 cm³/mol. The third kappa shape index (κ3) is 5.06. The topological polar surface area (TPSA) is 68.4 Å². The van der Waals surface area contributed by atoms with E-state index in [1.165, 1.54) is 5.69 Å². The lowest BCUT2D eigenvalue weighted by atomic mass is 10.2. The zero-order valence-electron chi connectivity index (χ0n) is 19.9. The average molecular weight is 519 g/mol. The van der Waals surface area contributed by atoms with Crippen molar-refractivity contribution in [1.29, 1.82) is 0 Å². The van der Waals surface area contributed by atoms with Gasteiger partial charge in [-0.3, -0.25) is 9.47 Å². The highest BCUT2D eigenvalue weighted by molar-refractivity contribution is 7.80. The molecule has 2 heterocycles. The SMILES string of the molecule is Cc1c(Cl)cccc1NC(=S)N=Nc1c(O)n(CN2CCN(c3ccccc3)CC2)c2ccccc12. The highest BCUT2D eigenvalue weighted by Crippen LogP contribution is 2.39. The van der Waals surface area contributed by atoms with Crippen LogP contribution >= 0.6 is 23.8 Å². The zero-order valence-corrected chi connectivity index (χ0v) is 21.5. The maximum atomic E-state index is 11.1. The first kappa shape index (κ1) is 24.2. The normalized spacial score (nSPS) is 14.6. The lowest BCUT2D eigenvalue weighted by Crippen LogP contribution is -2.46. The number of aromatic nitrogens is 1. The van der Waals surface area contributed by atoms with Crippen LogP contribution < -0.4 is 10.2 Å². The third-order valence-corrected chi connectivity index (χ3v) is 7.10. The summed E-state index contributed by atoms with van der Waals surface area (Å²) in [6.07, 6.45) is 0. The van der Waals surface area contributed by atoms with E-state index in [9.17, 15) is 5.11 Å². The molecular weight excluding hydrogens is 492 g/mol. The number of nitrogens with one attached hydrogen (secondary N) is 1. The minimum Gasteiger partial charge on any atom is -0.493 e. The number of rotatable bonds is 5. The van der Waals surface area contributed by atoms with Crippen LogP contribution in [0.15, 0.2) is 83.0 Å². The summed E-state index contributed by atoms with van der Waals surface area (Å²) in [5.41, 5.74) is 4.20. The Morgan fingerprint density at radius 2 is 1.69 bits per heavy atom. The van der Waals surface area contributed by atoms with Crippen LogP contribution in [0.1, 0.15) is 5.56 Å². The van der Waals surface area contributed by atoms with Crippen molar-refractivity contribution in [2.75, 3.05) is 36.4 Å². The molecular formula is C27H27ClN6OS. The fraction of sp³-hybridized carbons (Fsp3) is 0.222. The first-order valence-electron chi connectivity index (χ1n) is 11.8. The lowest BCUT2D eigenvalue weighted by molar-refractivity contribution is 0.200. The minimum atomic E-state index is 0.0761. The van der Waals surface area contributed by atoms with E-state index in [2.05, 4.69) is 49.6 Å². The van der Waals surface area contributed by atoms with Crippen LogP contribution in [0.4, 0.5) is 17.1 Å². The fourth-order valence-corrected chi connectivity index (χ4v) is 4.80. The molecule has 1 fully saturated rings. The van der Waals surface area contributed by atoms with Crippen molar-refractivity contribution in [2.24, 2.45) is 10.2 Å². The molecule has 0 amide bonds. The number of hydrogen-bond donors (Lipinski definition) is 2. The van der Waals surface area contributed by atoms with E-state index in [1.54, 1.807) is 0 Å². The van der Waals surface area contributed by atoms with E-state index in [4.69, 9.17) is 23.8 Å². The summed E-state index contributed by atoms with van der Waals surface area (Å²) in [6, 6.07) is 23.8. The van der Waals surface area contributed by atoms with Gasteiger partial charge in [-0.1, -0.05) is 54.1 Å². The van der Waals surface area contributed by atoms with Gasteiger partial charge in [0.1, 0.15) is 0 Å². The Bertz CT molecular complexity index is 1410. The Kier molecular flexibility index (Phi) is 7.18. The van der Waals surface area contributed by atoms with Crippen LogP contribution in [0.25, 0.3) is 10.9 Å². The molecule has 5 rings (SSSR count). The summed E-state index contributed by atoms with van der Waals surface area (Å²) in [5.74, 6) is 0.0761. The highest BCUT2D eigenvalue weighted by Gasteiger charge is 2.22. The van der Waals surface area contributed by atoms with Crippen molar-refractivity contribution < 1.29 is 5.11 Å². The van der Waals surface area contributed by atoms with Crippen molar-refractivity contribution in [3.8, 4) is 5.88 Å². The van der Waals surface area contributed by atoms with Crippen molar-refractivity contribution in [3.05, 3.63) is 83.4 Å². The molecule has 1 aliphatic heterocycles. The number of benzene rings is 3. The average Bonchev–Trinajstić information content (AvgIpc) is 3.17. The lowest BCUT2D eigenvalue weighted by Gasteiger charge is -2.36. The molecule has 0 aliphatic carbocycles. The molecule has 0 atom stereocenters. The second kappa shape index (κ2) is 10.7. The second-order valence-electron chi connectivity index (χ2n) is 8.74. The van der Waals surface area contributed by atoms with Gasteiger partial charge in [-0.15, -0.1) is 10.2 Å². The molecule has 9 heteroatoms. The quantitative estimate of drug-likeness (QED) is 0.231. The van der Waals surface area contributed by atoms with Crippen LogP contribution in [0.5, 0.6) is 5.88 Å². The van der Waals surface area contributed by atoms with Gasteiger partial charge >= 0.3 is 0 Å². The number of halogens is 1. The summed E-state index contributed by atoms with van der Waals surface area (Å²) in [7, 11) is 0. The molecule has 1 aromatic heterocycles. The third-order valence-electron chi connectivity index (χ3n) is 6.50. The predicted octanol–water partition coefficient (Wildman–Crippen LogP) is 6.57. The van der Waals surface area contributed by atoms with Gasteiger partial charge in [0.25, 0.3) is 0 Å². The van der Waals surface area contributed by atoms with Gasteiger partial charge in [0, 0.05) is 48.0 Å². The highest BCUT2D eigenvalue weighted by atomic mass is 35.5. The molecule has 3 aromatic carbocycles. The maximum absolute atomic E-state index is 11.1. The molecule has 1 saturated heterocycles. The van der Waals surface area contributed by atoms with E-state index < -0.39 is 0 Å². The van der Waals surface area contributed by atoms with E-state index >= 15 is 0 Å². The van der Waals surface area contributed by atoms with Crippen LogP contribution in [0.3, 0.4) is 0 Å². The number of anilines is 2. The number of azo groups is 1.